The SMILES string of the molecule is C=CC(=O)O.COc1cccc(OC)c1C(C)C. The molecule has 1 rings (SSSR count). The van der Waals surface area contributed by atoms with Crippen LogP contribution < -0.4 is 9.47 Å². The normalized spacial score (nSPS) is 9.17. The van der Waals surface area contributed by atoms with Crippen molar-refractivity contribution in [2.75, 3.05) is 14.2 Å². The summed E-state index contributed by atoms with van der Waals surface area (Å²) in [5.41, 5.74) is 1.13. The van der Waals surface area contributed by atoms with Crippen LogP contribution in [0.5, 0.6) is 11.5 Å². The molecule has 100 valence electrons. The van der Waals surface area contributed by atoms with E-state index in [0.29, 0.717) is 5.92 Å². The average molecular weight is 252 g/mol. The fraction of sp³-hybridized carbons (Fsp3) is 0.357. The van der Waals surface area contributed by atoms with Crippen molar-refractivity contribution < 1.29 is 19.4 Å². The molecule has 1 aromatic rings. The zero-order valence-electron chi connectivity index (χ0n) is 11.3. The van der Waals surface area contributed by atoms with Crippen LogP contribution in [-0.2, 0) is 4.79 Å². The lowest BCUT2D eigenvalue weighted by molar-refractivity contribution is -0.131. The van der Waals surface area contributed by atoms with Crippen LogP contribution in [0, 0.1) is 0 Å². The molecule has 0 atom stereocenters. The maximum Gasteiger partial charge on any atom is 0.327 e. The molecule has 0 radical (unpaired) electrons. The molecule has 0 saturated carbocycles. The van der Waals surface area contributed by atoms with E-state index in [4.69, 9.17) is 14.6 Å². The molecule has 18 heavy (non-hydrogen) atoms. The Hall–Kier alpha value is -1.97. The molecule has 0 aliphatic heterocycles. The highest BCUT2D eigenvalue weighted by Gasteiger charge is 2.12. The van der Waals surface area contributed by atoms with Gasteiger partial charge in [0.1, 0.15) is 11.5 Å². The van der Waals surface area contributed by atoms with E-state index in [1.54, 1.807) is 14.2 Å². The van der Waals surface area contributed by atoms with Gasteiger partial charge in [-0.25, -0.2) is 4.79 Å². The van der Waals surface area contributed by atoms with Crippen molar-refractivity contribution in [2.45, 2.75) is 19.8 Å². The molecule has 0 bridgehead atoms. The van der Waals surface area contributed by atoms with Gasteiger partial charge in [-0.15, -0.1) is 0 Å². The number of carboxylic acid groups (broad SMARTS) is 1. The van der Waals surface area contributed by atoms with Crippen molar-refractivity contribution >= 4 is 5.97 Å². The van der Waals surface area contributed by atoms with Crippen molar-refractivity contribution in [3.8, 4) is 11.5 Å². The third-order valence-corrected chi connectivity index (χ3v) is 2.22. The quantitative estimate of drug-likeness (QED) is 0.837. The third kappa shape index (κ3) is 4.91. The van der Waals surface area contributed by atoms with Gasteiger partial charge in [0, 0.05) is 11.6 Å². The standard InChI is InChI=1S/C11H16O2.C3H4O2/c1-8(2)11-9(12-3)6-5-7-10(11)13-4;1-2-3(4)5/h5-8H,1-4H3;2H,1H2,(H,4,5). The lowest BCUT2D eigenvalue weighted by Gasteiger charge is -2.15. The fourth-order valence-electron chi connectivity index (χ4n) is 1.45. The second-order valence-corrected chi connectivity index (χ2v) is 3.77. The molecule has 0 aliphatic rings. The maximum absolute atomic E-state index is 9.25. The van der Waals surface area contributed by atoms with E-state index in [9.17, 15) is 4.79 Å². The summed E-state index contributed by atoms with van der Waals surface area (Å²) < 4.78 is 10.5. The fourth-order valence-corrected chi connectivity index (χ4v) is 1.45. The summed E-state index contributed by atoms with van der Waals surface area (Å²) in [6.45, 7) is 7.21. The van der Waals surface area contributed by atoms with Gasteiger partial charge in [-0.2, -0.15) is 0 Å². The Balaban J connectivity index is 0.000000494. The van der Waals surface area contributed by atoms with E-state index in [1.165, 1.54) is 0 Å². The third-order valence-electron chi connectivity index (χ3n) is 2.22. The minimum absolute atomic E-state index is 0.408. The van der Waals surface area contributed by atoms with Gasteiger partial charge in [-0.05, 0) is 18.1 Å². The number of benzene rings is 1. The number of rotatable bonds is 4. The van der Waals surface area contributed by atoms with Crippen LogP contribution in [0.3, 0.4) is 0 Å². The average Bonchev–Trinajstić information content (AvgIpc) is 2.37. The molecule has 0 fully saturated rings. The van der Waals surface area contributed by atoms with Crippen molar-refractivity contribution in [1.82, 2.24) is 0 Å². The Labute approximate surface area is 108 Å². The Morgan fingerprint density at radius 1 is 1.28 bits per heavy atom. The summed E-state index contributed by atoms with van der Waals surface area (Å²) in [5, 5.41) is 7.60. The summed E-state index contributed by atoms with van der Waals surface area (Å²) in [6.07, 6.45) is 0.833. The molecule has 0 aliphatic carbocycles. The van der Waals surface area contributed by atoms with Crippen LogP contribution in [0.25, 0.3) is 0 Å². The van der Waals surface area contributed by atoms with Gasteiger partial charge in [0.2, 0.25) is 0 Å². The number of hydrogen-bond donors (Lipinski definition) is 1. The summed E-state index contributed by atoms with van der Waals surface area (Å²) in [7, 11) is 3.36. The van der Waals surface area contributed by atoms with Crippen LogP contribution in [0.15, 0.2) is 30.9 Å². The van der Waals surface area contributed by atoms with Crippen LogP contribution in [0.4, 0.5) is 0 Å². The second kappa shape index (κ2) is 8.17. The first-order valence-corrected chi connectivity index (χ1v) is 5.54. The van der Waals surface area contributed by atoms with Gasteiger partial charge in [0.05, 0.1) is 14.2 Å². The predicted molar refractivity (Wildman–Crippen MR) is 71.5 cm³/mol. The lowest BCUT2D eigenvalue weighted by Crippen LogP contribution is -1.98. The molecule has 1 N–H and O–H groups in total. The molecule has 0 aromatic heterocycles. The number of aliphatic carboxylic acids is 1. The zero-order chi connectivity index (χ0) is 14.1. The highest BCUT2D eigenvalue weighted by atomic mass is 16.5. The van der Waals surface area contributed by atoms with Gasteiger partial charge < -0.3 is 14.6 Å². The summed E-state index contributed by atoms with van der Waals surface area (Å²) in [4.78, 5) is 9.25. The van der Waals surface area contributed by atoms with Gasteiger partial charge >= 0.3 is 5.97 Å². The first-order valence-electron chi connectivity index (χ1n) is 5.54. The van der Waals surface area contributed by atoms with Gasteiger partial charge in [-0.1, -0.05) is 26.5 Å². The molecular weight excluding hydrogens is 232 g/mol. The number of carboxylic acids is 1. The highest BCUT2D eigenvalue weighted by molar-refractivity contribution is 5.78. The second-order valence-electron chi connectivity index (χ2n) is 3.77. The maximum atomic E-state index is 9.25. The molecule has 0 heterocycles. The van der Waals surface area contributed by atoms with Gasteiger partial charge in [-0.3, -0.25) is 0 Å². The zero-order valence-corrected chi connectivity index (χ0v) is 11.3. The highest BCUT2D eigenvalue weighted by Crippen LogP contribution is 2.34. The van der Waals surface area contributed by atoms with Crippen LogP contribution in [0.2, 0.25) is 0 Å². The summed E-state index contributed by atoms with van der Waals surface area (Å²) in [6, 6.07) is 5.85. The predicted octanol–water partition coefficient (Wildman–Crippen LogP) is 3.08. The van der Waals surface area contributed by atoms with Crippen LogP contribution in [0.1, 0.15) is 25.3 Å². The monoisotopic (exact) mass is 252 g/mol. The number of carbonyl (C=O) groups is 1. The van der Waals surface area contributed by atoms with Crippen LogP contribution in [-0.4, -0.2) is 25.3 Å². The van der Waals surface area contributed by atoms with E-state index < -0.39 is 5.97 Å². The van der Waals surface area contributed by atoms with Crippen molar-refractivity contribution in [1.29, 1.82) is 0 Å². The van der Waals surface area contributed by atoms with E-state index in [0.717, 1.165) is 23.1 Å². The van der Waals surface area contributed by atoms with Crippen molar-refractivity contribution in [2.24, 2.45) is 0 Å². The molecule has 0 unspecified atom stereocenters. The Kier molecular flexibility index (Phi) is 7.28. The molecule has 4 heteroatoms. The molecule has 1 aromatic carbocycles. The van der Waals surface area contributed by atoms with E-state index >= 15 is 0 Å². The molecular formula is C14H20O4. The minimum Gasteiger partial charge on any atom is -0.496 e. The van der Waals surface area contributed by atoms with Crippen molar-refractivity contribution in [3.63, 3.8) is 0 Å². The lowest BCUT2D eigenvalue weighted by atomic mass is 10.0. The first kappa shape index (κ1) is 16.0. The Morgan fingerprint density at radius 2 is 1.67 bits per heavy atom. The molecule has 4 nitrogen and oxygen atoms in total. The number of methoxy groups -OCH3 is 2. The van der Waals surface area contributed by atoms with E-state index in [-0.39, 0.29) is 0 Å². The number of ether oxygens (including phenoxy) is 2. The summed E-state index contributed by atoms with van der Waals surface area (Å²) in [5.74, 6) is 1.22. The van der Waals surface area contributed by atoms with E-state index in [1.807, 2.05) is 18.2 Å². The van der Waals surface area contributed by atoms with E-state index in [2.05, 4.69) is 20.4 Å². The first-order chi connectivity index (χ1) is 8.47. The smallest absolute Gasteiger partial charge is 0.327 e. The minimum atomic E-state index is -0.981. The summed E-state index contributed by atoms with van der Waals surface area (Å²) >= 11 is 0. The molecule has 0 amide bonds. The van der Waals surface area contributed by atoms with Crippen molar-refractivity contribution in [3.05, 3.63) is 36.4 Å². The topological polar surface area (TPSA) is 55.8 Å². The Bertz CT molecular complexity index is 375. The van der Waals surface area contributed by atoms with Crippen LogP contribution >= 0.6 is 0 Å². The largest absolute Gasteiger partial charge is 0.496 e. The van der Waals surface area contributed by atoms with Gasteiger partial charge in [0.15, 0.2) is 0 Å². The molecule has 0 spiro atoms. The molecule has 0 saturated heterocycles. The van der Waals surface area contributed by atoms with Gasteiger partial charge in [0.25, 0.3) is 0 Å². The Morgan fingerprint density at radius 3 is 1.89 bits per heavy atom. The number of hydrogen-bond acceptors (Lipinski definition) is 3.